The highest BCUT2D eigenvalue weighted by molar-refractivity contribution is 5.93. The van der Waals surface area contributed by atoms with E-state index in [0.717, 1.165) is 4.90 Å². The second kappa shape index (κ2) is 6.66. The standard InChI is InChI=1S/C11H16N4O5/c1-6-11(7(2)14-13-6)12-8(16)3-15(4-9(17)18)5-10(19)20/h3-5H2,1-2H3,(H,12,16)(H,13,14)(H,17,18)(H,19,20). The van der Waals surface area contributed by atoms with Gasteiger partial charge in [-0.15, -0.1) is 0 Å². The first-order valence-electron chi connectivity index (χ1n) is 5.77. The number of H-pyrrole nitrogens is 1. The number of carboxylic acids is 2. The molecule has 0 saturated heterocycles. The molecule has 20 heavy (non-hydrogen) atoms. The van der Waals surface area contributed by atoms with Crippen molar-refractivity contribution in [3.8, 4) is 0 Å². The second-order valence-electron chi connectivity index (χ2n) is 4.29. The molecule has 0 fully saturated rings. The summed E-state index contributed by atoms with van der Waals surface area (Å²) in [5, 5.41) is 26.5. The monoisotopic (exact) mass is 284 g/mol. The number of carboxylic acid groups (broad SMARTS) is 2. The third-order valence-corrected chi connectivity index (χ3v) is 2.48. The summed E-state index contributed by atoms with van der Waals surface area (Å²) in [7, 11) is 0. The fraction of sp³-hybridized carbons (Fsp3) is 0.455. The molecule has 0 saturated carbocycles. The number of aromatic amines is 1. The van der Waals surface area contributed by atoms with Crippen molar-refractivity contribution in [1.29, 1.82) is 0 Å². The van der Waals surface area contributed by atoms with Crippen LogP contribution in [0.5, 0.6) is 0 Å². The van der Waals surface area contributed by atoms with E-state index in [4.69, 9.17) is 10.2 Å². The maximum Gasteiger partial charge on any atom is 0.317 e. The zero-order valence-corrected chi connectivity index (χ0v) is 11.1. The summed E-state index contributed by atoms with van der Waals surface area (Å²) in [6.07, 6.45) is 0. The van der Waals surface area contributed by atoms with Crippen molar-refractivity contribution in [3.05, 3.63) is 11.4 Å². The van der Waals surface area contributed by atoms with Crippen LogP contribution in [-0.2, 0) is 14.4 Å². The molecule has 0 radical (unpaired) electrons. The number of aliphatic carboxylic acids is 2. The lowest BCUT2D eigenvalue weighted by Crippen LogP contribution is -2.40. The Balaban J connectivity index is 2.66. The van der Waals surface area contributed by atoms with Gasteiger partial charge in [0.25, 0.3) is 0 Å². The number of nitrogens with zero attached hydrogens (tertiary/aromatic N) is 2. The smallest absolute Gasteiger partial charge is 0.317 e. The van der Waals surface area contributed by atoms with Crippen molar-refractivity contribution in [2.24, 2.45) is 0 Å². The predicted molar refractivity (Wildman–Crippen MR) is 68.4 cm³/mol. The molecule has 0 aromatic carbocycles. The van der Waals surface area contributed by atoms with E-state index in [-0.39, 0.29) is 6.54 Å². The van der Waals surface area contributed by atoms with Crippen LogP contribution in [0.4, 0.5) is 5.69 Å². The molecule has 1 aromatic heterocycles. The van der Waals surface area contributed by atoms with Crippen LogP contribution >= 0.6 is 0 Å². The molecule has 1 aromatic rings. The van der Waals surface area contributed by atoms with Crippen LogP contribution in [0.15, 0.2) is 0 Å². The van der Waals surface area contributed by atoms with Crippen molar-refractivity contribution in [2.75, 3.05) is 25.0 Å². The maximum atomic E-state index is 11.8. The Kier molecular flexibility index (Phi) is 5.21. The van der Waals surface area contributed by atoms with Gasteiger partial charge in [-0.3, -0.25) is 24.4 Å². The average Bonchev–Trinajstić information content (AvgIpc) is 2.58. The molecule has 9 nitrogen and oxygen atoms in total. The van der Waals surface area contributed by atoms with E-state index >= 15 is 0 Å². The second-order valence-corrected chi connectivity index (χ2v) is 4.29. The van der Waals surface area contributed by atoms with Crippen LogP contribution in [0.1, 0.15) is 11.4 Å². The fourth-order valence-corrected chi connectivity index (χ4v) is 1.67. The Bertz CT molecular complexity index is 489. The summed E-state index contributed by atoms with van der Waals surface area (Å²) in [6, 6.07) is 0. The number of anilines is 1. The molecule has 9 heteroatoms. The van der Waals surface area contributed by atoms with Crippen molar-refractivity contribution in [1.82, 2.24) is 15.1 Å². The summed E-state index contributed by atoms with van der Waals surface area (Å²) in [6.45, 7) is 2.04. The van der Waals surface area contributed by atoms with Gasteiger partial charge in [-0.1, -0.05) is 0 Å². The molecular formula is C11H16N4O5. The van der Waals surface area contributed by atoms with Gasteiger partial charge in [0.1, 0.15) is 0 Å². The van der Waals surface area contributed by atoms with E-state index < -0.39 is 30.9 Å². The molecular weight excluding hydrogens is 268 g/mol. The Labute approximate surface area is 114 Å². The minimum atomic E-state index is -1.20. The Hall–Kier alpha value is -2.42. The Morgan fingerprint density at radius 1 is 1.15 bits per heavy atom. The molecule has 0 unspecified atom stereocenters. The zero-order chi connectivity index (χ0) is 15.3. The van der Waals surface area contributed by atoms with Gasteiger partial charge in [-0.05, 0) is 13.8 Å². The first-order valence-corrected chi connectivity index (χ1v) is 5.77. The van der Waals surface area contributed by atoms with E-state index in [1.54, 1.807) is 13.8 Å². The molecule has 0 aliphatic carbocycles. The first kappa shape index (κ1) is 15.6. The highest BCUT2D eigenvalue weighted by Gasteiger charge is 2.18. The van der Waals surface area contributed by atoms with Gasteiger partial charge >= 0.3 is 11.9 Å². The number of carbonyl (C=O) groups excluding carboxylic acids is 1. The van der Waals surface area contributed by atoms with Crippen molar-refractivity contribution >= 4 is 23.5 Å². The number of hydrogen-bond acceptors (Lipinski definition) is 5. The van der Waals surface area contributed by atoms with Crippen molar-refractivity contribution in [3.63, 3.8) is 0 Å². The highest BCUT2D eigenvalue weighted by atomic mass is 16.4. The third kappa shape index (κ3) is 4.69. The summed E-state index contributed by atoms with van der Waals surface area (Å²) in [5.74, 6) is -2.90. The molecule has 0 bridgehead atoms. The molecule has 0 atom stereocenters. The number of rotatable bonds is 7. The van der Waals surface area contributed by atoms with Gasteiger partial charge in [0.05, 0.1) is 36.7 Å². The highest BCUT2D eigenvalue weighted by Crippen LogP contribution is 2.15. The number of aryl methyl sites for hydroxylation is 2. The molecule has 1 heterocycles. The van der Waals surface area contributed by atoms with E-state index in [1.165, 1.54) is 0 Å². The number of carbonyl (C=O) groups is 3. The van der Waals surface area contributed by atoms with Gasteiger partial charge in [-0.25, -0.2) is 0 Å². The number of hydrogen-bond donors (Lipinski definition) is 4. The van der Waals surface area contributed by atoms with E-state index in [2.05, 4.69) is 15.5 Å². The summed E-state index contributed by atoms with van der Waals surface area (Å²) >= 11 is 0. The number of nitrogens with one attached hydrogen (secondary N) is 2. The fourth-order valence-electron chi connectivity index (χ4n) is 1.67. The Morgan fingerprint density at radius 2 is 1.70 bits per heavy atom. The Morgan fingerprint density at radius 3 is 2.10 bits per heavy atom. The van der Waals surface area contributed by atoms with Crippen molar-refractivity contribution < 1.29 is 24.6 Å². The average molecular weight is 284 g/mol. The largest absolute Gasteiger partial charge is 0.480 e. The summed E-state index contributed by atoms with van der Waals surface area (Å²) in [4.78, 5) is 34.1. The topological polar surface area (TPSA) is 136 Å². The molecule has 0 aliphatic rings. The minimum absolute atomic E-state index is 0.331. The number of aromatic nitrogens is 2. The summed E-state index contributed by atoms with van der Waals surface area (Å²) < 4.78 is 0. The molecule has 0 spiro atoms. The molecule has 1 rings (SSSR count). The van der Waals surface area contributed by atoms with Gasteiger partial charge in [0, 0.05) is 0 Å². The predicted octanol–water partition coefficient (Wildman–Crippen LogP) is -0.564. The van der Waals surface area contributed by atoms with Crippen LogP contribution in [0.25, 0.3) is 0 Å². The minimum Gasteiger partial charge on any atom is -0.480 e. The van der Waals surface area contributed by atoms with Crippen LogP contribution in [0.2, 0.25) is 0 Å². The maximum absolute atomic E-state index is 11.8. The quantitative estimate of drug-likeness (QED) is 0.526. The molecule has 4 N–H and O–H groups in total. The summed E-state index contributed by atoms with van der Waals surface area (Å²) in [5.41, 5.74) is 1.78. The molecule has 1 amide bonds. The van der Waals surface area contributed by atoms with Crippen LogP contribution in [0, 0.1) is 13.8 Å². The normalized spacial score (nSPS) is 10.6. The van der Waals surface area contributed by atoms with E-state index in [1.807, 2.05) is 0 Å². The number of amides is 1. The van der Waals surface area contributed by atoms with E-state index in [9.17, 15) is 14.4 Å². The van der Waals surface area contributed by atoms with Crippen LogP contribution < -0.4 is 5.32 Å². The van der Waals surface area contributed by atoms with Gasteiger partial charge in [0.2, 0.25) is 5.91 Å². The van der Waals surface area contributed by atoms with Gasteiger partial charge in [0.15, 0.2) is 0 Å². The molecule has 0 aliphatic heterocycles. The zero-order valence-electron chi connectivity index (χ0n) is 11.1. The van der Waals surface area contributed by atoms with Crippen LogP contribution in [-0.4, -0.2) is 62.8 Å². The third-order valence-electron chi connectivity index (χ3n) is 2.48. The van der Waals surface area contributed by atoms with Crippen LogP contribution in [0.3, 0.4) is 0 Å². The lowest BCUT2D eigenvalue weighted by atomic mass is 10.3. The van der Waals surface area contributed by atoms with Gasteiger partial charge < -0.3 is 15.5 Å². The molecule has 110 valence electrons. The van der Waals surface area contributed by atoms with Gasteiger partial charge in [-0.2, -0.15) is 5.10 Å². The van der Waals surface area contributed by atoms with Crippen molar-refractivity contribution in [2.45, 2.75) is 13.8 Å². The SMILES string of the molecule is Cc1n[nH]c(C)c1NC(=O)CN(CC(=O)O)CC(=O)O. The first-order chi connectivity index (χ1) is 9.29. The lowest BCUT2D eigenvalue weighted by molar-refractivity contribution is -0.142. The van der Waals surface area contributed by atoms with E-state index in [0.29, 0.717) is 17.1 Å². The lowest BCUT2D eigenvalue weighted by Gasteiger charge is -2.17.